The average molecular weight is 357 g/mol. The number of aromatic carboxylic acids is 1. The zero-order valence-electron chi connectivity index (χ0n) is 11.6. The number of benzene rings is 1. The number of amides is 2. The molecule has 1 fully saturated rings. The van der Waals surface area contributed by atoms with Crippen LogP contribution in [0.3, 0.4) is 0 Å². The number of carbonyl (C=O) groups is 2. The summed E-state index contributed by atoms with van der Waals surface area (Å²) in [4.78, 5) is 23.0. The van der Waals surface area contributed by atoms with Gasteiger partial charge in [-0.2, -0.15) is 0 Å². The molecule has 1 saturated heterocycles. The third kappa shape index (κ3) is 4.18. The molecule has 0 aliphatic carbocycles. The molecule has 0 radical (unpaired) electrons. The summed E-state index contributed by atoms with van der Waals surface area (Å²) in [6, 6.07) is 4.26. The lowest BCUT2D eigenvalue weighted by atomic mass is 10.0. The Kier molecular flexibility index (Phi) is 5.19. The first-order valence-corrected chi connectivity index (χ1v) is 7.46. The Morgan fingerprint density at radius 3 is 2.86 bits per heavy atom. The summed E-state index contributed by atoms with van der Waals surface area (Å²) in [5.41, 5.74) is 0.302. The number of rotatable bonds is 4. The molecule has 1 aromatic carbocycles. The van der Waals surface area contributed by atoms with Crippen LogP contribution in [0.1, 0.15) is 23.7 Å². The van der Waals surface area contributed by atoms with Crippen LogP contribution in [0.15, 0.2) is 22.7 Å². The molecule has 1 aliphatic heterocycles. The number of nitrogens with one attached hydrogen (secondary N) is 2. The fourth-order valence-corrected chi connectivity index (χ4v) is 2.60. The number of anilines is 1. The molecule has 0 aromatic heterocycles. The highest BCUT2D eigenvalue weighted by molar-refractivity contribution is 9.10. The Bertz CT molecular complexity index is 550. The number of halogens is 1. The summed E-state index contributed by atoms with van der Waals surface area (Å²) < 4.78 is 6.07. The van der Waals surface area contributed by atoms with Gasteiger partial charge < -0.3 is 20.5 Å². The first kappa shape index (κ1) is 15.8. The Hall–Kier alpha value is -1.60. The molecule has 3 N–H and O–H groups in total. The minimum atomic E-state index is -1.09. The zero-order chi connectivity index (χ0) is 15.4. The van der Waals surface area contributed by atoms with E-state index in [2.05, 4.69) is 26.6 Å². The van der Waals surface area contributed by atoms with Crippen LogP contribution in [0.5, 0.6) is 0 Å². The van der Waals surface area contributed by atoms with Gasteiger partial charge in [-0.15, -0.1) is 0 Å². The van der Waals surface area contributed by atoms with Gasteiger partial charge in [-0.05, 0) is 31.5 Å². The van der Waals surface area contributed by atoms with Crippen molar-refractivity contribution >= 4 is 33.6 Å². The highest BCUT2D eigenvalue weighted by atomic mass is 79.9. The van der Waals surface area contributed by atoms with Crippen LogP contribution >= 0.6 is 15.9 Å². The fourth-order valence-electron chi connectivity index (χ4n) is 2.24. The maximum absolute atomic E-state index is 11.9. The van der Waals surface area contributed by atoms with Gasteiger partial charge in [0.05, 0.1) is 17.4 Å². The minimum Gasteiger partial charge on any atom is -0.478 e. The molecule has 1 aromatic rings. The van der Waals surface area contributed by atoms with E-state index in [0.717, 1.165) is 6.42 Å². The number of ether oxygens (including phenoxy) is 1. The molecule has 6 nitrogen and oxygen atoms in total. The van der Waals surface area contributed by atoms with Crippen LogP contribution in [0, 0.1) is 5.92 Å². The van der Waals surface area contributed by atoms with Gasteiger partial charge in [0.1, 0.15) is 0 Å². The molecule has 2 atom stereocenters. The van der Waals surface area contributed by atoms with Gasteiger partial charge in [0.2, 0.25) is 0 Å². The molecule has 114 valence electrons. The van der Waals surface area contributed by atoms with Crippen LogP contribution in [0.2, 0.25) is 0 Å². The molecule has 1 heterocycles. The molecule has 21 heavy (non-hydrogen) atoms. The number of carboxylic acid groups (broad SMARTS) is 1. The summed E-state index contributed by atoms with van der Waals surface area (Å²) in [5, 5.41) is 14.4. The van der Waals surface area contributed by atoms with Crippen molar-refractivity contribution < 1.29 is 19.4 Å². The summed E-state index contributed by atoms with van der Waals surface area (Å²) in [6.45, 7) is 3.20. The van der Waals surface area contributed by atoms with Crippen LogP contribution < -0.4 is 10.6 Å². The summed E-state index contributed by atoms with van der Waals surface area (Å²) in [5.74, 6) is -0.802. The molecular weight excluding hydrogens is 340 g/mol. The summed E-state index contributed by atoms with van der Waals surface area (Å²) >= 11 is 3.21. The predicted molar refractivity (Wildman–Crippen MR) is 81.6 cm³/mol. The van der Waals surface area contributed by atoms with Gasteiger partial charge in [0, 0.05) is 23.5 Å². The standard InChI is InChI=1S/C14H17BrN2O4/c1-8-9(4-5-21-8)7-16-14(20)17-12-3-2-10(15)6-11(12)13(18)19/h2-3,6,8-9H,4-5,7H2,1H3,(H,18,19)(H2,16,17,20). The second-order valence-corrected chi connectivity index (χ2v) is 5.87. The summed E-state index contributed by atoms with van der Waals surface area (Å²) in [6.07, 6.45) is 1.05. The lowest BCUT2D eigenvalue weighted by molar-refractivity contribution is 0.0698. The topological polar surface area (TPSA) is 87.7 Å². The van der Waals surface area contributed by atoms with E-state index >= 15 is 0 Å². The smallest absolute Gasteiger partial charge is 0.337 e. The Morgan fingerprint density at radius 2 is 2.24 bits per heavy atom. The number of hydrogen-bond donors (Lipinski definition) is 3. The van der Waals surface area contributed by atoms with Crippen molar-refractivity contribution in [3.63, 3.8) is 0 Å². The van der Waals surface area contributed by atoms with Gasteiger partial charge in [0.25, 0.3) is 0 Å². The van der Waals surface area contributed by atoms with Gasteiger partial charge in [0.15, 0.2) is 0 Å². The van der Waals surface area contributed by atoms with E-state index < -0.39 is 12.0 Å². The van der Waals surface area contributed by atoms with Crippen LogP contribution in [0.25, 0.3) is 0 Å². The minimum absolute atomic E-state index is 0.0390. The van der Waals surface area contributed by atoms with Crippen molar-refractivity contribution in [2.45, 2.75) is 19.4 Å². The van der Waals surface area contributed by atoms with Crippen molar-refractivity contribution in [2.24, 2.45) is 5.92 Å². The third-order valence-corrected chi connectivity index (χ3v) is 4.01. The number of urea groups is 1. The largest absolute Gasteiger partial charge is 0.478 e. The van der Waals surface area contributed by atoms with E-state index in [9.17, 15) is 9.59 Å². The highest BCUT2D eigenvalue weighted by Crippen LogP contribution is 2.22. The first-order chi connectivity index (χ1) is 9.97. The molecule has 2 rings (SSSR count). The molecule has 0 saturated carbocycles. The quantitative estimate of drug-likeness (QED) is 0.773. The normalized spacial score (nSPS) is 21.0. The second-order valence-electron chi connectivity index (χ2n) is 4.95. The summed E-state index contributed by atoms with van der Waals surface area (Å²) in [7, 11) is 0. The van der Waals surface area contributed by atoms with Crippen molar-refractivity contribution in [3.05, 3.63) is 28.2 Å². The molecule has 2 amide bonds. The Balaban J connectivity index is 1.95. The molecule has 1 aliphatic rings. The van der Waals surface area contributed by atoms with E-state index in [-0.39, 0.29) is 17.4 Å². The monoisotopic (exact) mass is 356 g/mol. The van der Waals surface area contributed by atoms with E-state index in [1.807, 2.05) is 6.92 Å². The molecule has 2 unspecified atom stereocenters. The zero-order valence-corrected chi connectivity index (χ0v) is 13.1. The lowest BCUT2D eigenvalue weighted by Gasteiger charge is -2.15. The maximum Gasteiger partial charge on any atom is 0.337 e. The Labute approximate surface area is 131 Å². The highest BCUT2D eigenvalue weighted by Gasteiger charge is 2.24. The van der Waals surface area contributed by atoms with E-state index in [1.165, 1.54) is 6.07 Å². The van der Waals surface area contributed by atoms with Gasteiger partial charge in [-0.25, -0.2) is 9.59 Å². The second kappa shape index (κ2) is 6.91. The van der Waals surface area contributed by atoms with Crippen molar-refractivity contribution in [2.75, 3.05) is 18.5 Å². The van der Waals surface area contributed by atoms with Gasteiger partial charge in [-0.1, -0.05) is 15.9 Å². The van der Waals surface area contributed by atoms with Crippen molar-refractivity contribution in [1.29, 1.82) is 0 Å². The number of carboxylic acids is 1. The molecule has 0 bridgehead atoms. The lowest BCUT2D eigenvalue weighted by Crippen LogP contribution is -2.35. The first-order valence-electron chi connectivity index (χ1n) is 6.66. The van der Waals surface area contributed by atoms with Crippen LogP contribution in [0.4, 0.5) is 10.5 Å². The maximum atomic E-state index is 11.9. The predicted octanol–water partition coefficient (Wildman–Crippen LogP) is 2.69. The van der Waals surface area contributed by atoms with Gasteiger partial charge in [-0.3, -0.25) is 0 Å². The van der Waals surface area contributed by atoms with Gasteiger partial charge >= 0.3 is 12.0 Å². The van der Waals surface area contributed by atoms with Crippen molar-refractivity contribution in [1.82, 2.24) is 5.32 Å². The van der Waals surface area contributed by atoms with E-state index in [1.54, 1.807) is 12.1 Å². The van der Waals surface area contributed by atoms with Crippen LogP contribution in [-0.2, 0) is 4.74 Å². The molecule has 7 heteroatoms. The molecule has 0 spiro atoms. The van der Waals surface area contributed by atoms with Crippen molar-refractivity contribution in [3.8, 4) is 0 Å². The molecular formula is C14H17BrN2O4. The number of carbonyl (C=O) groups excluding carboxylic acids is 1. The SMILES string of the molecule is CC1OCCC1CNC(=O)Nc1ccc(Br)cc1C(=O)O. The average Bonchev–Trinajstić information content (AvgIpc) is 2.84. The third-order valence-electron chi connectivity index (χ3n) is 3.52. The number of hydrogen-bond acceptors (Lipinski definition) is 3. The van der Waals surface area contributed by atoms with Crippen LogP contribution in [-0.4, -0.2) is 36.4 Å². The Morgan fingerprint density at radius 1 is 1.48 bits per heavy atom. The van der Waals surface area contributed by atoms with E-state index in [4.69, 9.17) is 9.84 Å². The van der Waals surface area contributed by atoms with E-state index in [0.29, 0.717) is 23.5 Å². The fraction of sp³-hybridized carbons (Fsp3) is 0.429.